The van der Waals surface area contributed by atoms with Gasteiger partial charge < -0.3 is 5.32 Å². The Balaban J connectivity index is 2.36. The molecule has 1 atom stereocenters. The highest BCUT2D eigenvalue weighted by molar-refractivity contribution is 7.12. The number of amides is 1. The van der Waals surface area contributed by atoms with E-state index in [9.17, 15) is 4.79 Å². The van der Waals surface area contributed by atoms with Gasteiger partial charge in [0.15, 0.2) is 0 Å². The summed E-state index contributed by atoms with van der Waals surface area (Å²) >= 11 is 1.47. The smallest absolute Gasteiger partial charge is 0.265 e. The Hall–Kier alpha value is -1.61. The predicted molar refractivity (Wildman–Crippen MR) is 86.8 cm³/mol. The minimum Gasteiger partial charge on any atom is -0.321 e. The zero-order valence-electron chi connectivity index (χ0n) is 12.3. The van der Waals surface area contributed by atoms with Crippen molar-refractivity contribution in [3.05, 3.63) is 51.7 Å². The number of hydrogen-bond acceptors (Lipinski definition) is 2. The van der Waals surface area contributed by atoms with Crippen molar-refractivity contribution < 1.29 is 4.79 Å². The van der Waals surface area contributed by atoms with Crippen molar-refractivity contribution in [2.24, 2.45) is 0 Å². The number of para-hydroxylation sites is 1. The summed E-state index contributed by atoms with van der Waals surface area (Å²) in [5.74, 6) is 0.436. The molecule has 0 aliphatic carbocycles. The lowest BCUT2D eigenvalue weighted by atomic mass is 9.93. The van der Waals surface area contributed by atoms with Crippen LogP contribution in [0.2, 0.25) is 0 Å². The fourth-order valence-electron chi connectivity index (χ4n) is 2.28. The van der Waals surface area contributed by atoms with Crippen LogP contribution >= 0.6 is 11.3 Å². The van der Waals surface area contributed by atoms with Crippen LogP contribution in [0.1, 0.15) is 53.9 Å². The maximum atomic E-state index is 12.3. The largest absolute Gasteiger partial charge is 0.321 e. The third-order valence-electron chi connectivity index (χ3n) is 3.69. The van der Waals surface area contributed by atoms with E-state index in [1.165, 1.54) is 22.5 Å². The Morgan fingerprint density at radius 2 is 2.05 bits per heavy atom. The number of carbonyl (C=O) groups excluding carboxylic acids is 1. The zero-order valence-corrected chi connectivity index (χ0v) is 13.1. The van der Waals surface area contributed by atoms with Gasteiger partial charge in [-0.25, -0.2) is 0 Å². The summed E-state index contributed by atoms with van der Waals surface area (Å²) in [4.78, 5) is 13.1. The number of anilines is 1. The van der Waals surface area contributed by atoms with Gasteiger partial charge >= 0.3 is 0 Å². The number of benzene rings is 1. The number of thiophene rings is 1. The highest BCUT2D eigenvalue weighted by Gasteiger charge is 2.15. The molecule has 0 aliphatic rings. The molecule has 1 aromatic carbocycles. The van der Waals surface area contributed by atoms with E-state index in [1.54, 1.807) is 0 Å². The van der Waals surface area contributed by atoms with Gasteiger partial charge in [0, 0.05) is 5.69 Å². The quantitative estimate of drug-likeness (QED) is 0.816. The van der Waals surface area contributed by atoms with E-state index >= 15 is 0 Å². The van der Waals surface area contributed by atoms with Crippen molar-refractivity contribution in [1.29, 1.82) is 0 Å². The highest BCUT2D eigenvalue weighted by Crippen LogP contribution is 2.31. The molecule has 1 aromatic heterocycles. The van der Waals surface area contributed by atoms with Crippen molar-refractivity contribution >= 4 is 22.9 Å². The summed E-state index contributed by atoms with van der Waals surface area (Å²) in [5, 5.41) is 5.05. The Morgan fingerprint density at radius 1 is 1.25 bits per heavy atom. The third kappa shape index (κ3) is 3.10. The van der Waals surface area contributed by atoms with Crippen LogP contribution < -0.4 is 5.32 Å². The molecular formula is C17H21NOS. The molecule has 1 N–H and O–H groups in total. The molecule has 2 nitrogen and oxygen atoms in total. The van der Waals surface area contributed by atoms with Crippen molar-refractivity contribution in [3.8, 4) is 0 Å². The van der Waals surface area contributed by atoms with E-state index in [1.807, 2.05) is 17.5 Å². The molecule has 20 heavy (non-hydrogen) atoms. The molecule has 0 spiro atoms. The predicted octanol–water partition coefficient (Wildman–Crippen LogP) is 5.08. The Labute approximate surface area is 124 Å². The standard InChI is InChI=1S/C17H21NOS/c1-4-12(3)14-9-6-8-13(5-2)16(14)18-17(19)15-10-7-11-20-15/h6-12H,4-5H2,1-3H3,(H,18,19)/t12-/m0/s1. The summed E-state index contributed by atoms with van der Waals surface area (Å²) in [7, 11) is 0. The summed E-state index contributed by atoms with van der Waals surface area (Å²) in [6.45, 7) is 6.50. The van der Waals surface area contributed by atoms with Crippen LogP contribution in [0.15, 0.2) is 35.7 Å². The molecule has 106 valence electrons. The number of nitrogens with one attached hydrogen (secondary N) is 1. The topological polar surface area (TPSA) is 29.1 Å². The van der Waals surface area contributed by atoms with Crippen molar-refractivity contribution in [1.82, 2.24) is 0 Å². The lowest BCUT2D eigenvalue weighted by Crippen LogP contribution is -2.14. The lowest BCUT2D eigenvalue weighted by Gasteiger charge is -2.18. The van der Waals surface area contributed by atoms with Crippen molar-refractivity contribution in [3.63, 3.8) is 0 Å². The van der Waals surface area contributed by atoms with Gasteiger partial charge in [0.25, 0.3) is 5.91 Å². The average Bonchev–Trinajstić information content (AvgIpc) is 3.01. The first kappa shape index (κ1) is 14.8. The first-order valence-electron chi connectivity index (χ1n) is 7.14. The second kappa shape index (κ2) is 6.71. The minimum atomic E-state index is -0.00884. The second-order valence-electron chi connectivity index (χ2n) is 4.98. The van der Waals surface area contributed by atoms with Crippen molar-refractivity contribution in [2.75, 3.05) is 5.32 Å². The molecule has 3 heteroatoms. The van der Waals surface area contributed by atoms with Gasteiger partial charge in [-0.1, -0.05) is 45.0 Å². The molecule has 0 radical (unpaired) electrons. The van der Waals surface area contributed by atoms with Gasteiger partial charge in [-0.15, -0.1) is 11.3 Å². The molecule has 0 saturated heterocycles. The van der Waals surface area contributed by atoms with Crippen LogP contribution in [-0.2, 0) is 6.42 Å². The Kier molecular flexibility index (Phi) is 4.96. The molecular weight excluding hydrogens is 266 g/mol. The molecule has 1 amide bonds. The summed E-state index contributed by atoms with van der Waals surface area (Å²) in [6, 6.07) is 10.1. The van der Waals surface area contributed by atoms with E-state index in [4.69, 9.17) is 0 Å². The van der Waals surface area contributed by atoms with Gasteiger partial charge in [-0.3, -0.25) is 4.79 Å². The van der Waals surface area contributed by atoms with Crippen LogP contribution in [0.3, 0.4) is 0 Å². The molecule has 1 heterocycles. The van der Waals surface area contributed by atoms with E-state index in [-0.39, 0.29) is 5.91 Å². The van der Waals surface area contributed by atoms with Gasteiger partial charge in [-0.2, -0.15) is 0 Å². The Morgan fingerprint density at radius 3 is 2.65 bits per heavy atom. The van der Waals surface area contributed by atoms with Crippen LogP contribution in [0, 0.1) is 0 Å². The average molecular weight is 287 g/mol. The molecule has 0 fully saturated rings. The number of hydrogen-bond donors (Lipinski definition) is 1. The van der Waals surface area contributed by atoms with E-state index in [0.29, 0.717) is 5.92 Å². The molecule has 0 saturated carbocycles. The zero-order chi connectivity index (χ0) is 14.5. The maximum absolute atomic E-state index is 12.3. The van der Waals surface area contributed by atoms with Crippen LogP contribution in [0.25, 0.3) is 0 Å². The number of aryl methyl sites for hydroxylation is 1. The first-order chi connectivity index (χ1) is 9.67. The van der Waals surface area contributed by atoms with Crippen molar-refractivity contribution in [2.45, 2.75) is 39.5 Å². The van der Waals surface area contributed by atoms with E-state index in [2.05, 4.69) is 44.3 Å². The maximum Gasteiger partial charge on any atom is 0.265 e. The van der Waals surface area contributed by atoms with Gasteiger partial charge in [0.05, 0.1) is 4.88 Å². The molecule has 0 aliphatic heterocycles. The number of carbonyl (C=O) groups is 1. The molecule has 0 bridgehead atoms. The minimum absolute atomic E-state index is 0.00884. The van der Waals surface area contributed by atoms with Crippen LogP contribution in [0.5, 0.6) is 0 Å². The SMILES string of the molecule is CCc1cccc([C@@H](C)CC)c1NC(=O)c1cccs1. The fraction of sp³-hybridized carbons (Fsp3) is 0.353. The van der Waals surface area contributed by atoms with Crippen LogP contribution in [-0.4, -0.2) is 5.91 Å². The Bertz CT molecular complexity index is 575. The van der Waals surface area contributed by atoms with E-state index < -0.39 is 0 Å². The highest BCUT2D eigenvalue weighted by atomic mass is 32.1. The summed E-state index contributed by atoms with van der Waals surface area (Å²) < 4.78 is 0. The molecule has 2 rings (SSSR count). The van der Waals surface area contributed by atoms with Gasteiger partial charge in [-0.05, 0) is 41.3 Å². The normalized spacial score (nSPS) is 12.2. The monoisotopic (exact) mass is 287 g/mol. The summed E-state index contributed by atoms with van der Waals surface area (Å²) in [6.07, 6.45) is 1.99. The van der Waals surface area contributed by atoms with Gasteiger partial charge in [0.1, 0.15) is 0 Å². The first-order valence-corrected chi connectivity index (χ1v) is 8.02. The second-order valence-corrected chi connectivity index (χ2v) is 5.92. The molecule has 0 unspecified atom stereocenters. The molecule has 2 aromatic rings. The third-order valence-corrected chi connectivity index (χ3v) is 4.56. The summed E-state index contributed by atoms with van der Waals surface area (Å²) in [5.41, 5.74) is 3.44. The lowest BCUT2D eigenvalue weighted by molar-refractivity contribution is 0.103. The van der Waals surface area contributed by atoms with E-state index in [0.717, 1.165) is 23.4 Å². The van der Waals surface area contributed by atoms with Crippen LogP contribution in [0.4, 0.5) is 5.69 Å². The number of rotatable bonds is 5. The fourth-order valence-corrected chi connectivity index (χ4v) is 2.90. The van der Waals surface area contributed by atoms with Gasteiger partial charge in [0.2, 0.25) is 0 Å².